The molecule has 0 aliphatic carbocycles. The number of benzene rings is 1. The molecule has 1 rings (SSSR count). The molecule has 0 bridgehead atoms. The third-order valence-corrected chi connectivity index (χ3v) is 2.98. The molecule has 19 heavy (non-hydrogen) atoms. The zero-order chi connectivity index (χ0) is 14.4. The van der Waals surface area contributed by atoms with Crippen LogP contribution in [-0.2, 0) is 11.3 Å². The van der Waals surface area contributed by atoms with Gasteiger partial charge in [0.2, 0.25) is 0 Å². The second-order valence-electron chi connectivity index (χ2n) is 4.48. The third-order valence-electron chi connectivity index (χ3n) is 2.98. The van der Waals surface area contributed by atoms with E-state index in [0.29, 0.717) is 30.8 Å². The molecule has 0 amide bonds. The van der Waals surface area contributed by atoms with Crippen LogP contribution in [0.2, 0.25) is 0 Å². The van der Waals surface area contributed by atoms with E-state index < -0.39 is 17.7 Å². The minimum atomic E-state index is -0.863. The normalized spacial score (nSPS) is 12.2. The Balaban J connectivity index is 2.84. The van der Waals surface area contributed by atoms with Gasteiger partial charge in [-0.3, -0.25) is 9.69 Å². The summed E-state index contributed by atoms with van der Waals surface area (Å²) in [7, 11) is 0. The van der Waals surface area contributed by atoms with Crippen LogP contribution in [0.1, 0.15) is 25.0 Å². The van der Waals surface area contributed by atoms with Crippen LogP contribution in [0.5, 0.6) is 0 Å². The lowest BCUT2D eigenvalue weighted by Gasteiger charge is -2.23. The number of halogens is 1. The van der Waals surface area contributed by atoms with Crippen LogP contribution in [0.3, 0.4) is 0 Å². The van der Waals surface area contributed by atoms with Crippen molar-refractivity contribution in [3.05, 3.63) is 35.1 Å². The Hall–Kier alpha value is -1.93. The summed E-state index contributed by atoms with van der Waals surface area (Å²) in [6.07, 6.45) is 0. The van der Waals surface area contributed by atoms with Gasteiger partial charge in [-0.15, -0.1) is 0 Å². The van der Waals surface area contributed by atoms with Crippen molar-refractivity contribution in [2.75, 3.05) is 13.1 Å². The van der Waals surface area contributed by atoms with E-state index in [1.54, 1.807) is 6.92 Å². The highest BCUT2D eigenvalue weighted by molar-refractivity contribution is 5.69. The molecule has 0 saturated heterocycles. The maximum Gasteiger partial charge on any atom is 0.307 e. The van der Waals surface area contributed by atoms with Crippen molar-refractivity contribution in [2.24, 2.45) is 5.92 Å². The van der Waals surface area contributed by atoms with Crippen molar-refractivity contribution in [1.82, 2.24) is 4.90 Å². The van der Waals surface area contributed by atoms with E-state index in [0.717, 1.165) is 0 Å². The van der Waals surface area contributed by atoms with Gasteiger partial charge < -0.3 is 5.11 Å². The fourth-order valence-electron chi connectivity index (χ4n) is 1.81. The lowest BCUT2D eigenvalue weighted by Crippen LogP contribution is -2.31. The van der Waals surface area contributed by atoms with Crippen LogP contribution in [0.25, 0.3) is 0 Å². The molecular weight excluding hydrogens is 247 g/mol. The summed E-state index contributed by atoms with van der Waals surface area (Å²) in [5.41, 5.74) is 1.00. The Morgan fingerprint density at radius 2 is 2.26 bits per heavy atom. The zero-order valence-corrected chi connectivity index (χ0v) is 11.1. The Bertz CT molecular complexity index is 497. The van der Waals surface area contributed by atoms with Crippen molar-refractivity contribution in [2.45, 2.75) is 20.4 Å². The summed E-state index contributed by atoms with van der Waals surface area (Å²) in [5.74, 6) is -1.76. The smallest absolute Gasteiger partial charge is 0.307 e. The van der Waals surface area contributed by atoms with Crippen LogP contribution in [-0.4, -0.2) is 29.1 Å². The predicted octanol–water partition coefficient (Wildman–Crippen LogP) is 2.24. The van der Waals surface area contributed by atoms with E-state index in [1.165, 1.54) is 18.2 Å². The van der Waals surface area contributed by atoms with Gasteiger partial charge in [-0.05, 0) is 30.3 Å². The van der Waals surface area contributed by atoms with Crippen molar-refractivity contribution in [1.29, 1.82) is 5.26 Å². The SMILES string of the molecule is CCN(Cc1cc(F)ccc1C#N)CC(C)C(=O)O. The number of carbonyl (C=O) groups is 1. The first kappa shape index (κ1) is 15.1. The second kappa shape index (κ2) is 6.86. The number of carboxylic acids is 1. The first-order valence-electron chi connectivity index (χ1n) is 6.11. The lowest BCUT2D eigenvalue weighted by molar-refractivity contribution is -0.141. The number of hydrogen-bond donors (Lipinski definition) is 1. The molecule has 4 nitrogen and oxygen atoms in total. The van der Waals surface area contributed by atoms with Crippen LogP contribution >= 0.6 is 0 Å². The number of rotatable bonds is 6. The maximum atomic E-state index is 13.2. The molecule has 0 fully saturated rings. The van der Waals surface area contributed by atoms with Crippen LogP contribution in [0, 0.1) is 23.1 Å². The van der Waals surface area contributed by atoms with E-state index in [4.69, 9.17) is 10.4 Å². The molecule has 0 aromatic heterocycles. The number of carboxylic acid groups (broad SMARTS) is 1. The zero-order valence-electron chi connectivity index (χ0n) is 11.1. The minimum Gasteiger partial charge on any atom is -0.481 e. The number of nitriles is 1. The summed E-state index contributed by atoms with van der Waals surface area (Å²) >= 11 is 0. The van der Waals surface area contributed by atoms with Gasteiger partial charge in [0.15, 0.2) is 0 Å². The van der Waals surface area contributed by atoms with E-state index in [1.807, 2.05) is 17.9 Å². The van der Waals surface area contributed by atoms with E-state index in [9.17, 15) is 9.18 Å². The molecule has 0 aliphatic rings. The summed E-state index contributed by atoms with van der Waals surface area (Å²) in [5, 5.41) is 17.9. The van der Waals surface area contributed by atoms with E-state index in [2.05, 4.69) is 0 Å². The van der Waals surface area contributed by atoms with Crippen LogP contribution in [0.4, 0.5) is 4.39 Å². The molecule has 102 valence electrons. The molecule has 0 saturated carbocycles. The Morgan fingerprint density at radius 3 is 2.79 bits per heavy atom. The molecule has 1 aromatic rings. The average molecular weight is 264 g/mol. The Morgan fingerprint density at radius 1 is 1.58 bits per heavy atom. The fourth-order valence-corrected chi connectivity index (χ4v) is 1.81. The van der Waals surface area contributed by atoms with Gasteiger partial charge in [0.25, 0.3) is 0 Å². The van der Waals surface area contributed by atoms with Gasteiger partial charge in [0.1, 0.15) is 5.82 Å². The third kappa shape index (κ3) is 4.34. The highest BCUT2D eigenvalue weighted by Crippen LogP contribution is 2.14. The topological polar surface area (TPSA) is 64.3 Å². The van der Waals surface area contributed by atoms with Crippen molar-refractivity contribution >= 4 is 5.97 Å². The van der Waals surface area contributed by atoms with Gasteiger partial charge in [0, 0.05) is 13.1 Å². The van der Waals surface area contributed by atoms with Crippen LogP contribution in [0.15, 0.2) is 18.2 Å². The highest BCUT2D eigenvalue weighted by Gasteiger charge is 2.16. The molecule has 1 aromatic carbocycles. The van der Waals surface area contributed by atoms with E-state index in [-0.39, 0.29) is 0 Å². The quantitative estimate of drug-likeness (QED) is 0.855. The standard InChI is InChI=1S/C14H17FN2O2/c1-3-17(8-10(2)14(18)19)9-12-6-13(15)5-4-11(12)7-16/h4-6,10H,3,8-9H2,1-2H3,(H,18,19). The molecule has 0 radical (unpaired) electrons. The molecular formula is C14H17FN2O2. The first-order chi connectivity index (χ1) is 8.97. The van der Waals surface area contributed by atoms with Gasteiger partial charge in [-0.2, -0.15) is 5.26 Å². The first-order valence-corrected chi connectivity index (χ1v) is 6.11. The van der Waals surface area contributed by atoms with Gasteiger partial charge >= 0.3 is 5.97 Å². The van der Waals surface area contributed by atoms with Crippen molar-refractivity contribution in [3.63, 3.8) is 0 Å². The Labute approximate surface area is 112 Å². The Kier molecular flexibility index (Phi) is 5.46. The molecule has 0 aliphatic heterocycles. The summed E-state index contributed by atoms with van der Waals surface area (Å²) in [4.78, 5) is 12.7. The van der Waals surface area contributed by atoms with Crippen molar-refractivity contribution in [3.8, 4) is 6.07 Å². The molecule has 5 heteroatoms. The monoisotopic (exact) mass is 264 g/mol. The largest absolute Gasteiger partial charge is 0.481 e. The number of aliphatic carboxylic acids is 1. The molecule has 1 atom stereocenters. The molecule has 0 heterocycles. The fraction of sp³-hybridized carbons (Fsp3) is 0.429. The number of hydrogen-bond acceptors (Lipinski definition) is 3. The minimum absolute atomic E-state index is 0.368. The number of nitrogens with zero attached hydrogens (tertiary/aromatic N) is 2. The highest BCUT2D eigenvalue weighted by atomic mass is 19.1. The summed E-state index contributed by atoms with van der Waals surface area (Å²) < 4.78 is 13.2. The molecule has 0 spiro atoms. The molecule has 1 unspecified atom stereocenters. The van der Waals surface area contributed by atoms with Crippen LogP contribution < -0.4 is 0 Å². The van der Waals surface area contributed by atoms with Crippen molar-refractivity contribution < 1.29 is 14.3 Å². The second-order valence-corrected chi connectivity index (χ2v) is 4.48. The maximum absolute atomic E-state index is 13.2. The lowest BCUT2D eigenvalue weighted by atomic mass is 10.1. The summed E-state index contributed by atoms with van der Waals surface area (Å²) in [6.45, 7) is 4.91. The van der Waals surface area contributed by atoms with E-state index >= 15 is 0 Å². The predicted molar refractivity (Wildman–Crippen MR) is 68.9 cm³/mol. The average Bonchev–Trinajstić information content (AvgIpc) is 2.37. The van der Waals surface area contributed by atoms with Gasteiger partial charge in [-0.25, -0.2) is 4.39 Å². The molecule has 1 N–H and O–H groups in total. The summed E-state index contributed by atoms with van der Waals surface area (Å²) in [6, 6.07) is 6.04. The van der Waals surface area contributed by atoms with Gasteiger partial charge in [0.05, 0.1) is 17.6 Å². The van der Waals surface area contributed by atoms with Gasteiger partial charge in [-0.1, -0.05) is 13.8 Å².